The molecule has 0 aliphatic carbocycles. The zero-order valence-corrected chi connectivity index (χ0v) is 8.42. The summed E-state index contributed by atoms with van der Waals surface area (Å²) in [5.74, 6) is 0. The molecule has 1 heterocycles. The lowest BCUT2D eigenvalue weighted by atomic mass is 10.2. The first-order valence-corrected chi connectivity index (χ1v) is 4.74. The van der Waals surface area contributed by atoms with Crippen molar-refractivity contribution in [1.29, 1.82) is 0 Å². The van der Waals surface area contributed by atoms with E-state index in [0.29, 0.717) is 6.04 Å². The molecule has 0 aromatic heterocycles. The first-order valence-electron chi connectivity index (χ1n) is 4.74. The third kappa shape index (κ3) is 2.73. The SMILES string of the molecule is CCOCN1CCN(C)C[C@H]1C. The van der Waals surface area contributed by atoms with Crippen molar-refractivity contribution < 1.29 is 4.74 Å². The van der Waals surface area contributed by atoms with Gasteiger partial charge in [0.25, 0.3) is 0 Å². The second kappa shape index (κ2) is 4.80. The summed E-state index contributed by atoms with van der Waals surface area (Å²) in [6, 6.07) is 0.635. The zero-order chi connectivity index (χ0) is 8.97. The number of ether oxygens (including phenoxy) is 1. The Kier molecular flexibility index (Phi) is 3.98. The van der Waals surface area contributed by atoms with Crippen LogP contribution >= 0.6 is 0 Å². The van der Waals surface area contributed by atoms with Gasteiger partial charge >= 0.3 is 0 Å². The van der Waals surface area contributed by atoms with E-state index in [4.69, 9.17) is 4.74 Å². The van der Waals surface area contributed by atoms with Crippen LogP contribution in [0.3, 0.4) is 0 Å². The molecule has 72 valence electrons. The van der Waals surface area contributed by atoms with Crippen LogP contribution in [0, 0.1) is 0 Å². The van der Waals surface area contributed by atoms with E-state index in [-0.39, 0.29) is 0 Å². The molecule has 0 amide bonds. The van der Waals surface area contributed by atoms with Gasteiger partial charge in [-0.2, -0.15) is 0 Å². The van der Waals surface area contributed by atoms with E-state index < -0.39 is 0 Å². The Labute approximate surface area is 75.3 Å². The first-order chi connectivity index (χ1) is 5.74. The summed E-state index contributed by atoms with van der Waals surface area (Å²) in [6.07, 6.45) is 0. The Hall–Kier alpha value is -0.120. The lowest BCUT2D eigenvalue weighted by molar-refractivity contribution is -0.0155. The quantitative estimate of drug-likeness (QED) is 0.620. The highest BCUT2D eigenvalue weighted by Crippen LogP contribution is 2.06. The molecule has 0 radical (unpaired) electrons. The maximum absolute atomic E-state index is 5.39. The van der Waals surface area contributed by atoms with Crippen LogP contribution < -0.4 is 0 Å². The minimum absolute atomic E-state index is 0.635. The molecule has 0 unspecified atom stereocenters. The summed E-state index contributed by atoms with van der Waals surface area (Å²) >= 11 is 0. The third-order valence-corrected chi connectivity index (χ3v) is 2.43. The molecule has 1 aliphatic rings. The Balaban J connectivity index is 2.25. The average Bonchev–Trinajstić information content (AvgIpc) is 2.03. The van der Waals surface area contributed by atoms with Crippen molar-refractivity contribution in [2.45, 2.75) is 19.9 Å². The highest BCUT2D eigenvalue weighted by Gasteiger charge is 2.20. The van der Waals surface area contributed by atoms with Crippen LogP contribution in [0.1, 0.15) is 13.8 Å². The predicted molar refractivity (Wildman–Crippen MR) is 50.2 cm³/mol. The van der Waals surface area contributed by atoms with Gasteiger partial charge in [-0.25, -0.2) is 0 Å². The van der Waals surface area contributed by atoms with Crippen molar-refractivity contribution in [3.63, 3.8) is 0 Å². The van der Waals surface area contributed by atoms with Gasteiger partial charge in [-0.05, 0) is 20.9 Å². The van der Waals surface area contributed by atoms with E-state index in [1.807, 2.05) is 6.92 Å². The lowest BCUT2D eigenvalue weighted by Crippen LogP contribution is -2.50. The highest BCUT2D eigenvalue weighted by atomic mass is 16.5. The van der Waals surface area contributed by atoms with Gasteiger partial charge in [0, 0.05) is 32.3 Å². The summed E-state index contributed by atoms with van der Waals surface area (Å²) < 4.78 is 5.39. The molecule has 3 heteroatoms. The molecule has 3 nitrogen and oxygen atoms in total. The molecule has 1 atom stereocenters. The molecule has 1 fully saturated rings. The zero-order valence-electron chi connectivity index (χ0n) is 8.42. The summed E-state index contributed by atoms with van der Waals surface area (Å²) in [6.45, 7) is 9.38. The molecular formula is C9H20N2O. The fraction of sp³-hybridized carbons (Fsp3) is 1.00. The lowest BCUT2D eigenvalue weighted by Gasteiger charge is -2.37. The van der Waals surface area contributed by atoms with Gasteiger partial charge in [-0.1, -0.05) is 0 Å². The Morgan fingerprint density at radius 3 is 2.75 bits per heavy atom. The van der Waals surface area contributed by atoms with Crippen molar-refractivity contribution in [1.82, 2.24) is 9.80 Å². The largest absolute Gasteiger partial charge is 0.366 e. The number of nitrogens with zero attached hydrogens (tertiary/aromatic N) is 2. The number of piperazine rings is 1. The van der Waals surface area contributed by atoms with E-state index >= 15 is 0 Å². The fourth-order valence-electron chi connectivity index (χ4n) is 1.58. The maximum Gasteiger partial charge on any atom is 0.0993 e. The van der Waals surface area contributed by atoms with Gasteiger partial charge in [0.1, 0.15) is 0 Å². The molecule has 1 rings (SSSR count). The predicted octanol–water partition coefficient (Wildman–Crippen LogP) is 0.616. The van der Waals surface area contributed by atoms with Gasteiger partial charge < -0.3 is 9.64 Å². The van der Waals surface area contributed by atoms with Crippen LogP contribution in [-0.2, 0) is 4.74 Å². The molecule has 0 N–H and O–H groups in total. The minimum Gasteiger partial charge on any atom is -0.366 e. The van der Waals surface area contributed by atoms with Crippen molar-refractivity contribution in [3.05, 3.63) is 0 Å². The maximum atomic E-state index is 5.39. The van der Waals surface area contributed by atoms with Gasteiger partial charge in [-0.3, -0.25) is 4.90 Å². The van der Waals surface area contributed by atoms with Crippen LogP contribution in [0.2, 0.25) is 0 Å². The van der Waals surface area contributed by atoms with E-state index in [1.165, 1.54) is 0 Å². The van der Waals surface area contributed by atoms with Crippen molar-refractivity contribution >= 4 is 0 Å². The number of hydrogen-bond acceptors (Lipinski definition) is 3. The number of hydrogen-bond donors (Lipinski definition) is 0. The van der Waals surface area contributed by atoms with Gasteiger partial charge in [-0.15, -0.1) is 0 Å². The summed E-state index contributed by atoms with van der Waals surface area (Å²) in [5, 5.41) is 0. The van der Waals surface area contributed by atoms with E-state index in [1.54, 1.807) is 0 Å². The summed E-state index contributed by atoms with van der Waals surface area (Å²) in [5.41, 5.74) is 0. The smallest absolute Gasteiger partial charge is 0.0993 e. The molecule has 0 bridgehead atoms. The van der Waals surface area contributed by atoms with E-state index in [9.17, 15) is 0 Å². The van der Waals surface area contributed by atoms with Crippen LogP contribution in [-0.4, -0.2) is 55.9 Å². The first kappa shape index (κ1) is 9.96. The minimum atomic E-state index is 0.635. The Bertz CT molecular complexity index is 128. The van der Waals surface area contributed by atoms with Crippen molar-refractivity contribution in [2.75, 3.05) is 40.0 Å². The van der Waals surface area contributed by atoms with Crippen molar-refractivity contribution in [3.8, 4) is 0 Å². The molecule has 12 heavy (non-hydrogen) atoms. The Morgan fingerprint density at radius 2 is 2.17 bits per heavy atom. The van der Waals surface area contributed by atoms with Crippen LogP contribution in [0.5, 0.6) is 0 Å². The number of rotatable bonds is 3. The summed E-state index contributed by atoms with van der Waals surface area (Å²) in [4.78, 5) is 4.76. The molecular weight excluding hydrogens is 152 g/mol. The fourth-order valence-corrected chi connectivity index (χ4v) is 1.58. The highest BCUT2D eigenvalue weighted by molar-refractivity contribution is 4.75. The van der Waals surface area contributed by atoms with Gasteiger partial charge in [0.05, 0.1) is 6.73 Å². The van der Waals surface area contributed by atoms with E-state index in [0.717, 1.165) is 33.0 Å². The Morgan fingerprint density at radius 1 is 1.42 bits per heavy atom. The molecule has 0 spiro atoms. The van der Waals surface area contributed by atoms with Crippen LogP contribution in [0.4, 0.5) is 0 Å². The normalized spacial score (nSPS) is 27.8. The monoisotopic (exact) mass is 172 g/mol. The second-order valence-corrected chi connectivity index (χ2v) is 3.55. The van der Waals surface area contributed by atoms with E-state index in [2.05, 4.69) is 23.8 Å². The van der Waals surface area contributed by atoms with Gasteiger partial charge in [0.2, 0.25) is 0 Å². The topological polar surface area (TPSA) is 15.7 Å². The van der Waals surface area contributed by atoms with Crippen molar-refractivity contribution in [2.24, 2.45) is 0 Å². The van der Waals surface area contributed by atoms with Gasteiger partial charge in [0.15, 0.2) is 0 Å². The number of likely N-dealkylation sites (N-methyl/N-ethyl adjacent to an activating group) is 1. The molecule has 1 aliphatic heterocycles. The van der Waals surface area contributed by atoms with Crippen LogP contribution in [0.15, 0.2) is 0 Å². The standard InChI is InChI=1S/C9H20N2O/c1-4-12-8-11-6-5-10(3)7-9(11)2/h9H,4-8H2,1-3H3/t9-/m1/s1. The summed E-state index contributed by atoms with van der Waals surface area (Å²) in [7, 11) is 2.18. The molecule has 0 saturated carbocycles. The van der Waals surface area contributed by atoms with Crippen LogP contribution in [0.25, 0.3) is 0 Å². The third-order valence-electron chi connectivity index (χ3n) is 2.43. The molecule has 0 aromatic carbocycles. The molecule has 0 aromatic rings. The average molecular weight is 172 g/mol. The second-order valence-electron chi connectivity index (χ2n) is 3.55. The molecule has 1 saturated heterocycles.